The van der Waals surface area contributed by atoms with E-state index in [1.54, 1.807) is 12.0 Å². The van der Waals surface area contributed by atoms with Gasteiger partial charge in [-0.15, -0.1) is 0 Å². The monoisotopic (exact) mass is 327 g/mol. The molecule has 2 unspecified atom stereocenters. The van der Waals surface area contributed by atoms with Gasteiger partial charge in [-0.3, -0.25) is 0 Å². The van der Waals surface area contributed by atoms with Crippen LogP contribution < -0.4 is 15.8 Å². The molecule has 1 aromatic rings. The molecule has 1 aliphatic rings. The molecule has 0 spiro atoms. The van der Waals surface area contributed by atoms with Crippen LogP contribution >= 0.6 is 15.9 Å². The summed E-state index contributed by atoms with van der Waals surface area (Å²) >= 11 is 3.46. The molecule has 19 heavy (non-hydrogen) atoms. The standard InChI is InChI=1S/C13H18BrN3O2/c1-8(6-15)17-7-11(16-13(17)18)9-3-4-12(19-2)10(14)5-9/h3-5,8,11H,6-7,15H2,1-2H3,(H,16,18). The Morgan fingerprint density at radius 2 is 2.37 bits per heavy atom. The zero-order valence-electron chi connectivity index (χ0n) is 11.0. The van der Waals surface area contributed by atoms with Crippen LogP contribution in [0.3, 0.4) is 0 Å². The molecule has 1 aromatic carbocycles. The number of nitrogens with one attached hydrogen (secondary N) is 1. The molecule has 0 bridgehead atoms. The molecule has 2 rings (SSSR count). The number of benzene rings is 1. The maximum atomic E-state index is 11.9. The minimum Gasteiger partial charge on any atom is -0.496 e. The first kappa shape index (κ1) is 14.1. The average Bonchev–Trinajstić information content (AvgIpc) is 2.80. The lowest BCUT2D eigenvalue weighted by Crippen LogP contribution is -2.40. The molecule has 1 heterocycles. The van der Waals surface area contributed by atoms with Gasteiger partial charge < -0.3 is 20.7 Å². The molecular weight excluding hydrogens is 310 g/mol. The number of carbonyl (C=O) groups excluding carboxylic acids is 1. The highest BCUT2D eigenvalue weighted by molar-refractivity contribution is 9.10. The average molecular weight is 328 g/mol. The third kappa shape index (κ3) is 2.84. The zero-order chi connectivity index (χ0) is 14.0. The van der Waals surface area contributed by atoms with Crippen LogP contribution in [0, 0.1) is 0 Å². The number of nitrogens with zero attached hydrogens (tertiary/aromatic N) is 1. The van der Waals surface area contributed by atoms with E-state index in [1.807, 2.05) is 25.1 Å². The topological polar surface area (TPSA) is 67.6 Å². The van der Waals surface area contributed by atoms with Crippen LogP contribution in [-0.4, -0.2) is 37.2 Å². The first-order valence-electron chi connectivity index (χ1n) is 6.17. The summed E-state index contributed by atoms with van der Waals surface area (Å²) in [7, 11) is 1.63. The number of methoxy groups -OCH3 is 1. The van der Waals surface area contributed by atoms with Crippen LogP contribution in [0.15, 0.2) is 22.7 Å². The third-order valence-electron chi connectivity index (χ3n) is 3.39. The number of rotatable bonds is 4. The summed E-state index contributed by atoms with van der Waals surface area (Å²) < 4.78 is 6.08. The second kappa shape index (κ2) is 5.79. The summed E-state index contributed by atoms with van der Waals surface area (Å²) in [6, 6.07) is 5.80. The van der Waals surface area contributed by atoms with E-state index in [2.05, 4.69) is 21.2 Å². The Hall–Kier alpha value is -1.27. The predicted molar refractivity (Wildman–Crippen MR) is 77.2 cm³/mol. The molecule has 0 aromatic heterocycles. The highest BCUT2D eigenvalue weighted by atomic mass is 79.9. The van der Waals surface area contributed by atoms with E-state index in [-0.39, 0.29) is 18.1 Å². The Bertz CT molecular complexity index is 481. The fraction of sp³-hybridized carbons (Fsp3) is 0.462. The minimum atomic E-state index is -0.0603. The van der Waals surface area contributed by atoms with Crippen LogP contribution in [0.1, 0.15) is 18.5 Å². The van der Waals surface area contributed by atoms with Gasteiger partial charge >= 0.3 is 6.03 Å². The number of hydrogen-bond acceptors (Lipinski definition) is 3. The van der Waals surface area contributed by atoms with Crippen molar-refractivity contribution in [3.8, 4) is 5.75 Å². The summed E-state index contributed by atoms with van der Waals surface area (Å²) in [5.41, 5.74) is 6.66. The summed E-state index contributed by atoms with van der Waals surface area (Å²) in [6.45, 7) is 3.05. The van der Waals surface area contributed by atoms with Gasteiger partial charge in [0.2, 0.25) is 0 Å². The molecule has 1 fully saturated rings. The number of ether oxygens (including phenoxy) is 1. The van der Waals surface area contributed by atoms with E-state index in [0.29, 0.717) is 13.1 Å². The van der Waals surface area contributed by atoms with E-state index >= 15 is 0 Å². The quantitative estimate of drug-likeness (QED) is 0.887. The van der Waals surface area contributed by atoms with Crippen molar-refractivity contribution in [3.05, 3.63) is 28.2 Å². The number of urea groups is 1. The molecular formula is C13H18BrN3O2. The van der Waals surface area contributed by atoms with Gasteiger partial charge in [-0.2, -0.15) is 0 Å². The van der Waals surface area contributed by atoms with E-state index in [0.717, 1.165) is 15.8 Å². The Labute approximate surface area is 121 Å². The first-order valence-corrected chi connectivity index (χ1v) is 6.96. The largest absolute Gasteiger partial charge is 0.496 e. The second-order valence-electron chi connectivity index (χ2n) is 4.63. The fourth-order valence-electron chi connectivity index (χ4n) is 2.15. The molecule has 5 nitrogen and oxygen atoms in total. The lowest BCUT2D eigenvalue weighted by Gasteiger charge is -2.21. The maximum Gasteiger partial charge on any atom is 0.318 e. The highest BCUT2D eigenvalue weighted by Gasteiger charge is 2.32. The summed E-state index contributed by atoms with van der Waals surface area (Å²) in [4.78, 5) is 13.7. The fourth-order valence-corrected chi connectivity index (χ4v) is 2.71. The van der Waals surface area contributed by atoms with Crippen LogP contribution in [0.25, 0.3) is 0 Å². The maximum absolute atomic E-state index is 11.9. The summed E-state index contributed by atoms with van der Waals surface area (Å²) in [6.07, 6.45) is 0. The highest BCUT2D eigenvalue weighted by Crippen LogP contribution is 2.30. The van der Waals surface area contributed by atoms with Gasteiger partial charge in [0, 0.05) is 19.1 Å². The predicted octanol–water partition coefficient (Wildman–Crippen LogP) is 1.87. The molecule has 0 saturated carbocycles. The molecule has 6 heteroatoms. The molecule has 2 amide bonds. The van der Waals surface area contributed by atoms with Crippen LogP contribution in [0.4, 0.5) is 4.79 Å². The smallest absolute Gasteiger partial charge is 0.318 e. The van der Waals surface area contributed by atoms with Crippen molar-refractivity contribution in [2.24, 2.45) is 5.73 Å². The van der Waals surface area contributed by atoms with Gasteiger partial charge in [0.15, 0.2) is 0 Å². The van der Waals surface area contributed by atoms with Crippen molar-refractivity contribution in [1.29, 1.82) is 0 Å². The molecule has 1 aliphatic heterocycles. The zero-order valence-corrected chi connectivity index (χ0v) is 12.6. The normalized spacial score (nSPS) is 20.3. The van der Waals surface area contributed by atoms with Crippen molar-refractivity contribution in [2.45, 2.75) is 19.0 Å². The van der Waals surface area contributed by atoms with Gasteiger partial charge in [0.05, 0.1) is 17.6 Å². The molecule has 104 valence electrons. The van der Waals surface area contributed by atoms with Crippen molar-refractivity contribution in [1.82, 2.24) is 10.2 Å². The van der Waals surface area contributed by atoms with E-state index in [1.165, 1.54) is 0 Å². The van der Waals surface area contributed by atoms with Crippen molar-refractivity contribution < 1.29 is 9.53 Å². The molecule has 0 radical (unpaired) electrons. The Kier molecular flexibility index (Phi) is 4.31. The van der Waals surface area contributed by atoms with E-state index in [9.17, 15) is 4.79 Å². The summed E-state index contributed by atoms with van der Waals surface area (Å²) in [5.74, 6) is 0.778. The number of amides is 2. The van der Waals surface area contributed by atoms with Gasteiger partial charge in [-0.25, -0.2) is 4.79 Å². The molecule has 0 aliphatic carbocycles. The number of nitrogens with two attached hydrogens (primary N) is 1. The number of halogens is 1. The molecule has 2 atom stereocenters. The van der Waals surface area contributed by atoms with Crippen molar-refractivity contribution in [2.75, 3.05) is 20.2 Å². The lowest BCUT2D eigenvalue weighted by atomic mass is 10.1. The Balaban J connectivity index is 2.16. The first-order chi connectivity index (χ1) is 9.06. The van der Waals surface area contributed by atoms with Gasteiger partial charge in [-0.05, 0) is 40.5 Å². The van der Waals surface area contributed by atoms with Crippen molar-refractivity contribution >= 4 is 22.0 Å². The van der Waals surface area contributed by atoms with Crippen LogP contribution in [0.5, 0.6) is 5.75 Å². The molecule has 3 N–H and O–H groups in total. The van der Waals surface area contributed by atoms with Gasteiger partial charge in [0.1, 0.15) is 5.75 Å². The lowest BCUT2D eigenvalue weighted by molar-refractivity contribution is 0.203. The SMILES string of the molecule is COc1ccc(C2CN(C(C)CN)C(=O)N2)cc1Br. The Morgan fingerprint density at radius 1 is 1.63 bits per heavy atom. The third-order valence-corrected chi connectivity index (χ3v) is 4.01. The number of carbonyl (C=O) groups is 1. The van der Waals surface area contributed by atoms with E-state index < -0.39 is 0 Å². The van der Waals surface area contributed by atoms with Gasteiger partial charge in [-0.1, -0.05) is 6.07 Å². The van der Waals surface area contributed by atoms with E-state index in [4.69, 9.17) is 10.5 Å². The van der Waals surface area contributed by atoms with Crippen molar-refractivity contribution in [3.63, 3.8) is 0 Å². The second-order valence-corrected chi connectivity index (χ2v) is 5.49. The van der Waals surface area contributed by atoms with Crippen LogP contribution in [0.2, 0.25) is 0 Å². The minimum absolute atomic E-state index is 0.0105. The molecule has 1 saturated heterocycles. The van der Waals surface area contributed by atoms with Crippen LogP contribution in [-0.2, 0) is 0 Å². The Morgan fingerprint density at radius 3 is 2.95 bits per heavy atom. The summed E-state index contributed by atoms with van der Waals surface area (Å²) in [5, 5.41) is 2.97. The van der Waals surface area contributed by atoms with Gasteiger partial charge in [0.25, 0.3) is 0 Å². The number of hydrogen-bond donors (Lipinski definition) is 2.